The number of anilines is 1. The van der Waals surface area contributed by atoms with Gasteiger partial charge in [-0.15, -0.1) is 0 Å². The van der Waals surface area contributed by atoms with Crippen molar-refractivity contribution in [3.63, 3.8) is 0 Å². The molecule has 1 N–H and O–H groups in total. The summed E-state index contributed by atoms with van der Waals surface area (Å²) in [5, 5.41) is 3.22. The van der Waals surface area contributed by atoms with Crippen LogP contribution in [0.25, 0.3) is 11.0 Å². The monoisotopic (exact) mass is 505 g/mol. The SMILES string of the molecule is CN1CCN(S(=O)(=O)c2ccc(NC(=O)c3cc4cc(Br)ccc4oc3=O)cc2)CC1. The van der Waals surface area contributed by atoms with Gasteiger partial charge in [0.25, 0.3) is 5.91 Å². The van der Waals surface area contributed by atoms with Crippen molar-refractivity contribution in [3.8, 4) is 0 Å². The van der Waals surface area contributed by atoms with E-state index in [4.69, 9.17) is 4.42 Å². The van der Waals surface area contributed by atoms with Crippen LogP contribution in [0.1, 0.15) is 10.4 Å². The molecule has 0 unspecified atom stereocenters. The lowest BCUT2D eigenvalue weighted by atomic mass is 10.1. The molecule has 0 spiro atoms. The van der Waals surface area contributed by atoms with E-state index in [2.05, 4.69) is 26.1 Å². The van der Waals surface area contributed by atoms with Crippen molar-refractivity contribution < 1.29 is 17.6 Å². The smallest absolute Gasteiger partial charge is 0.349 e. The Morgan fingerprint density at radius 3 is 2.39 bits per heavy atom. The molecule has 1 aromatic heterocycles. The van der Waals surface area contributed by atoms with Crippen LogP contribution in [0, 0.1) is 0 Å². The maximum atomic E-state index is 12.8. The van der Waals surface area contributed by atoms with Crippen molar-refractivity contribution in [2.24, 2.45) is 0 Å². The summed E-state index contributed by atoms with van der Waals surface area (Å²) in [6.07, 6.45) is 0. The van der Waals surface area contributed by atoms with Crippen molar-refractivity contribution in [1.29, 1.82) is 0 Å². The summed E-state index contributed by atoms with van der Waals surface area (Å²) in [6, 6.07) is 12.5. The average molecular weight is 506 g/mol. The van der Waals surface area contributed by atoms with Gasteiger partial charge < -0.3 is 14.6 Å². The highest BCUT2D eigenvalue weighted by Gasteiger charge is 2.27. The Hall–Kier alpha value is -2.53. The Kier molecular flexibility index (Phi) is 5.98. The number of piperazine rings is 1. The zero-order valence-corrected chi connectivity index (χ0v) is 19.1. The molecule has 8 nitrogen and oxygen atoms in total. The number of halogens is 1. The summed E-state index contributed by atoms with van der Waals surface area (Å²) >= 11 is 3.35. The Balaban J connectivity index is 1.53. The summed E-state index contributed by atoms with van der Waals surface area (Å²) in [7, 11) is -1.64. The van der Waals surface area contributed by atoms with Gasteiger partial charge in [-0.1, -0.05) is 15.9 Å². The zero-order chi connectivity index (χ0) is 22.2. The van der Waals surface area contributed by atoms with Gasteiger partial charge in [0.2, 0.25) is 10.0 Å². The number of benzene rings is 2. The van der Waals surface area contributed by atoms with Crippen LogP contribution in [0.5, 0.6) is 0 Å². The van der Waals surface area contributed by atoms with Crippen LogP contribution in [0.15, 0.2) is 67.1 Å². The number of sulfonamides is 1. The molecule has 1 fully saturated rings. The zero-order valence-electron chi connectivity index (χ0n) is 16.7. The first-order valence-electron chi connectivity index (χ1n) is 9.57. The van der Waals surface area contributed by atoms with Crippen molar-refractivity contribution in [2.75, 3.05) is 38.5 Å². The molecule has 4 rings (SSSR count). The van der Waals surface area contributed by atoms with E-state index in [1.54, 1.807) is 18.2 Å². The quantitative estimate of drug-likeness (QED) is 0.547. The molecule has 1 saturated heterocycles. The minimum atomic E-state index is -3.59. The maximum Gasteiger partial charge on any atom is 0.349 e. The van der Waals surface area contributed by atoms with Gasteiger partial charge in [-0.25, -0.2) is 13.2 Å². The van der Waals surface area contributed by atoms with Crippen LogP contribution < -0.4 is 10.9 Å². The number of likely N-dealkylation sites (N-methyl/N-ethyl adjacent to an activating group) is 1. The van der Waals surface area contributed by atoms with E-state index in [9.17, 15) is 18.0 Å². The Bertz CT molecular complexity index is 1300. The number of carbonyl (C=O) groups excluding carboxylic acids is 1. The van der Waals surface area contributed by atoms with Gasteiger partial charge in [-0.3, -0.25) is 4.79 Å². The largest absolute Gasteiger partial charge is 0.422 e. The van der Waals surface area contributed by atoms with Gasteiger partial charge in [0.15, 0.2) is 0 Å². The Morgan fingerprint density at radius 1 is 1.03 bits per heavy atom. The van der Waals surface area contributed by atoms with Crippen LogP contribution >= 0.6 is 15.9 Å². The van der Waals surface area contributed by atoms with Gasteiger partial charge in [0.1, 0.15) is 11.1 Å². The van der Waals surface area contributed by atoms with E-state index in [-0.39, 0.29) is 10.5 Å². The second kappa shape index (κ2) is 8.54. The van der Waals surface area contributed by atoms with Crippen molar-refractivity contribution in [1.82, 2.24) is 9.21 Å². The fraction of sp³-hybridized carbons (Fsp3) is 0.238. The van der Waals surface area contributed by atoms with Gasteiger partial charge in [0.05, 0.1) is 4.90 Å². The number of hydrogen-bond donors (Lipinski definition) is 1. The second-order valence-electron chi connectivity index (χ2n) is 7.32. The molecule has 31 heavy (non-hydrogen) atoms. The fourth-order valence-corrected chi connectivity index (χ4v) is 5.14. The van der Waals surface area contributed by atoms with Crippen LogP contribution in [-0.2, 0) is 10.0 Å². The number of hydrogen-bond acceptors (Lipinski definition) is 6. The molecule has 0 atom stereocenters. The standard InChI is InChI=1S/C21H20BrN3O5S/c1-24-8-10-25(11-9-24)31(28,29)17-5-3-16(4-6-17)23-20(26)18-13-14-12-15(22)2-7-19(14)30-21(18)27/h2-7,12-13H,8-11H2,1H3,(H,23,26). The first-order chi connectivity index (χ1) is 14.7. The van der Waals surface area contributed by atoms with Crippen LogP contribution in [0.4, 0.5) is 5.69 Å². The minimum Gasteiger partial charge on any atom is -0.422 e. The number of nitrogens with one attached hydrogen (secondary N) is 1. The molecule has 0 aliphatic carbocycles. The van der Waals surface area contributed by atoms with E-state index >= 15 is 0 Å². The first kappa shape index (κ1) is 21.7. The van der Waals surface area contributed by atoms with E-state index in [1.165, 1.54) is 34.6 Å². The summed E-state index contributed by atoms with van der Waals surface area (Å²) in [6.45, 7) is 2.23. The molecule has 0 bridgehead atoms. The number of amides is 1. The van der Waals surface area contributed by atoms with Gasteiger partial charge in [-0.05, 0) is 55.6 Å². The molecule has 2 aromatic carbocycles. The fourth-order valence-electron chi connectivity index (χ4n) is 3.34. The van der Waals surface area contributed by atoms with Crippen molar-refractivity contribution in [2.45, 2.75) is 4.90 Å². The minimum absolute atomic E-state index is 0.139. The van der Waals surface area contributed by atoms with E-state index in [0.29, 0.717) is 42.8 Å². The van der Waals surface area contributed by atoms with Crippen LogP contribution in [-0.4, -0.2) is 56.8 Å². The van der Waals surface area contributed by atoms with Crippen molar-refractivity contribution >= 4 is 48.5 Å². The van der Waals surface area contributed by atoms with Gasteiger partial charge >= 0.3 is 5.63 Å². The third-order valence-corrected chi connectivity index (χ3v) is 7.56. The van der Waals surface area contributed by atoms with E-state index < -0.39 is 21.6 Å². The molecular weight excluding hydrogens is 486 g/mol. The average Bonchev–Trinajstić information content (AvgIpc) is 2.74. The lowest BCUT2D eigenvalue weighted by Crippen LogP contribution is -2.46. The molecule has 1 amide bonds. The topological polar surface area (TPSA) is 99.9 Å². The first-order valence-corrected chi connectivity index (χ1v) is 11.8. The molecule has 0 radical (unpaired) electrons. The van der Waals surface area contributed by atoms with E-state index in [1.807, 2.05) is 7.05 Å². The lowest BCUT2D eigenvalue weighted by molar-refractivity contribution is 0.102. The molecule has 1 aliphatic heterocycles. The Morgan fingerprint density at radius 2 is 1.71 bits per heavy atom. The molecular formula is C21H20BrN3O5S. The number of rotatable bonds is 4. The molecule has 162 valence electrons. The van der Waals surface area contributed by atoms with Crippen LogP contribution in [0.2, 0.25) is 0 Å². The number of fused-ring (bicyclic) bond motifs is 1. The lowest BCUT2D eigenvalue weighted by Gasteiger charge is -2.31. The molecule has 0 saturated carbocycles. The highest BCUT2D eigenvalue weighted by atomic mass is 79.9. The molecule has 1 aliphatic rings. The maximum absolute atomic E-state index is 12.8. The highest BCUT2D eigenvalue weighted by molar-refractivity contribution is 9.10. The highest BCUT2D eigenvalue weighted by Crippen LogP contribution is 2.22. The van der Waals surface area contributed by atoms with E-state index in [0.717, 1.165) is 4.47 Å². The normalized spacial score (nSPS) is 15.8. The van der Waals surface area contributed by atoms with Gasteiger partial charge in [0, 0.05) is 41.7 Å². The summed E-state index contributed by atoms with van der Waals surface area (Å²) < 4.78 is 33.1. The predicted molar refractivity (Wildman–Crippen MR) is 121 cm³/mol. The van der Waals surface area contributed by atoms with Gasteiger partial charge in [-0.2, -0.15) is 4.31 Å². The second-order valence-corrected chi connectivity index (χ2v) is 10.2. The summed E-state index contributed by atoms with van der Waals surface area (Å²) in [4.78, 5) is 27.0. The predicted octanol–water partition coefficient (Wildman–Crippen LogP) is 2.74. The molecule has 10 heteroatoms. The van der Waals surface area contributed by atoms with Crippen molar-refractivity contribution in [3.05, 3.63) is 69.0 Å². The number of nitrogens with zero attached hydrogens (tertiary/aromatic N) is 2. The summed E-state index contributed by atoms with van der Waals surface area (Å²) in [5.41, 5.74) is -0.138. The van der Waals surface area contributed by atoms with Crippen LogP contribution in [0.3, 0.4) is 0 Å². The number of carbonyl (C=O) groups is 1. The molecule has 2 heterocycles. The molecule has 3 aromatic rings. The summed E-state index contributed by atoms with van der Waals surface area (Å²) in [5.74, 6) is -0.634. The third-order valence-electron chi connectivity index (χ3n) is 5.15. The Labute approximate surface area is 187 Å². The third kappa shape index (κ3) is 4.57.